The van der Waals surface area contributed by atoms with Crippen LogP contribution < -0.4 is 5.32 Å². The molecule has 0 aromatic carbocycles. The summed E-state index contributed by atoms with van der Waals surface area (Å²) in [7, 11) is 1.64. The summed E-state index contributed by atoms with van der Waals surface area (Å²) in [5.74, 6) is -0.641. The van der Waals surface area contributed by atoms with Crippen molar-refractivity contribution in [2.24, 2.45) is 7.05 Å². The standard InChI is InChI=1S/C13H20N4O4/c1-9-14-10(17(20)21)11(16(9)2)15-13(12(18)19)7-5-3-4-6-8-13/h15H,3-8H2,1-2H3,(H,18,19). The first-order valence-corrected chi connectivity index (χ1v) is 7.07. The van der Waals surface area contributed by atoms with Gasteiger partial charge in [0.15, 0.2) is 0 Å². The molecule has 1 aliphatic rings. The topological polar surface area (TPSA) is 110 Å². The Morgan fingerprint density at radius 2 is 1.95 bits per heavy atom. The highest BCUT2D eigenvalue weighted by molar-refractivity contribution is 5.83. The highest BCUT2D eigenvalue weighted by Crippen LogP contribution is 2.34. The Labute approximate surface area is 122 Å². The van der Waals surface area contributed by atoms with Gasteiger partial charge in [0.05, 0.1) is 0 Å². The number of aryl methyl sites for hydroxylation is 1. The number of hydrogen-bond donors (Lipinski definition) is 2. The summed E-state index contributed by atoms with van der Waals surface area (Å²) >= 11 is 0. The monoisotopic (exact) mass is 296 g/mol. The third-order valence-electron chi connectivity index (χ3n) is 4.20. The molecule has 0 unspecified atom stereocenters. The Morgan fingerprint density at radius 3 is 2.43 bits per heavy atom. The van der Waals surface area contributed by atoms with Gasteiger partial charge in [-0.3, -0.25) is 4.57 Å². The average molecular weight is 296 g/mol. The van der Waals surface area contributed by atoms with Crippen LogP contribution in [-0.2, 0) is 11.8 Å². The highest BCUT2D eigenvalue weighted by Gasteiger charge is 2.41. The minimum atomic E-state index is -1.15. The summed E-state index contributed by atoms with van der Waals surface area (Å²) in [5, 5.41) is 23.7. The SMILES string of the molecule is Cc1nc([N+](=O)[O-])c(NC2(C(=O)O)CCCCCC2)n1C. The lowest BCUT2D eigenvalue weighted by atomic mass is 9.90. The van der Waals surface area contributed by atoms with Crippen molar-refractivity contribution in [3.8, 4) is 0 Å². The summed E-state index contributed by atoms with van der Waals surface area (Å²) in [4.78, 5) is 26.2. The molecule has 0 atom stereocenters. The zero-order chi connectivity index (χ0) is 15.6. The highest BCUT2D eigenvalue weighted by atomic mass is 16.6. The van der Waals surface area contributed by atoms with Crippen molar-refractivity contribution in [1.82, 2.24) is 9.55 Å². The van der Waals surface area contributed by atoms with Gasteiger partial charge in [-0.15, -0.1) is 0 Å². The fraction of sp³-hybridized carbons (Fsp3) is 0.692. The third kappa shape index (κ3) is 2.84. The number of imidazole rings is 1. The van der Waals surface area contributed by atoms with Gasteiger partial charge in [0.25, 0.3) is 0 Å². The molecule has 0 saturated heterocycles. The average Bonchev–Trinajstić information content (AvgIpc) is 2.62. The van der Waals surface area contributed by atoms with Crippen molar-refractivity contribution < 1.29 is 14.8 Å². The molecule has 21 heavy (non-hydrogen) atoms. The smallest absolute Gasteiger partial charge is 0.406 e. The van der Waals surface area contributed by atoms with Crippen LogP contribution in [0.15, 0.2) is 0 Å². The number of nitro groups is 1. The maximum absolute atomic E-state index is 11.8. The van der Waals surface area contributed by atoms with Crippen LogP contribution in [0.5, 0.6) is 0 Å². The number of aliphatic carboxylic acids is 1. The number of aromatic nitrogens is 2. The fourth-order valence-corrected chi connectivity index (χ4v) is 2.81. The van der Waals surface area contributed by atoms with Crippen molar-refractivity contribution in [1.29, 1.82) is 0 Å². The van der Waals surface area contributed by atoms with Crippen LogP contribution >= 0.6 is 0 Å². The van der Waals surface area contributed by atoms with Gasteiger partial charge in [-0.05, 0) is 22.7 Å². The van der Waals surface area contributed by atoms with E-state index >= 15 is 0 Å². The van der Waals surface area contributed by atoms with E-state index in [9.17, 15) is 20.0 Å². The number of carboxylic acid groups (broad SMARTS) is 1. The Kier molecular flexibility index (Phi) is 4.15. The summed E-state index contributed by atoms with van der Waals surface area (Å²) in [5.41, 5.74) is -1.15. The first-order chi connectivity index (χ1) is 9.87. The molecular formula is C13H20N4O4. The summed E-state index contributed by atoms with van der Waals surface area (Å²) in [6.07, 6.45) is 4.49. The van der Waals surface area contributed by atoms with E-state index in [0.29, 0.717) is 18.7 Å². The third-order valence-corrected chi connectivity index (χ3v) is 4.20. The van der Waals surface area contributed by atoms with Gasteiger partial charge in [-0.1, -0.05) is 25.7 Å². The lowest BCUT2D eigenvalue weighted by Gasteiger charge is -2.29. The van der Waals surface area contributed by atoms with Gasteiger partial charge in [-0.25, -0.2) is 4.79 Å². The largest absolute Gasteiger partial charge is 0.480 e. The van der Waals surface area contributed by atoms with Gasteiger partial charge in [0.2, 0.25) is 11.6 Å². The van der Waals surface area contributed by atoms with Gasteiger partial charge >= 0.3 is 11.8 Å². The number of carboxylic acids is 1. The molecule has 0 bridgehead atoms. The molecule has 1 heterocycles. The molecule has 0 radical (unpaired) electrons. The molecule has 116 valence electrons. The minimum Gasteiger partial charge on any atom is -0.480 e. The summed E-state index contributed by atoms with van der Waals surface area (Å²) in [6.45, 7) is 1.65. The van der Waals surface area contributed by atoms with Crippen LogP contribution in [0.1, 0.15) is 44.3 Å². The Balaban J connectivity index is 2.41. The van der Waals surface area contributed by atoms with Crippen LogP contribution in [0.25, 0.3) is 0 Å². The number of nitrogens with one attached hydrogen (secondary N) is 1. The van der Waals surface area contributed by atoms with E-state index in [0.717, 1.165) is 25.7 Å². The molecular weight excluding hydrogens is 276 g/mol. The molecule has 1 fully saturated rings. The van der Waals surface area contributed by atoms with Crippen molar-refractivity contribution in [3.63, 3.8) is 0 Å². The van der Waals surface area contributed by atoms with E-state index in [1.54, 1.807) is 14.0 Å². The number of carbonyl (C=O) groups is 1. The van der Waals surface area contributed by atoms with Gasteiger partial charge in [-0.2, -0.15) is 0 Å². The van der Waals surface area contributed by atoms with Crippen LogP contribution in [0.4, 0.5) is 11.6 Å². The molecule has 0 spiro atoms. The molecule has 2 N–H and O–H groups in total. The lowest BCUT2D eigenvalue weighted by Crippen LogP contribution is -2.46. The van der Waals surface area contributed by atoms with Crippen LogP contribution in [0.3, 0.4) is 0 Å². The molecule has 0 amide bonds. The van der Waals surface area contributed by atoms with Crippen molar-refractivity contribution in [2.45, 2.75) is 51.0 Å². The number of rotatable bonds is 4. The zero-order valence-electron chi connectivity index (χ0n) is 12.3. The minimum absolute atomic E-state index is 0.168. The lowest BCUT2D eigenvalue weighted by molar-refractivity contribution is -0.388. The number of anilines is 1. The molecule has 1 saturated carbocycles. The maximum atomic E-state index is 11.8. The molecule has 1 aromatic rings. The number of nitrogens with zero attached hydrogens (tertiary/aromatic N) is 3. The normalized spacial score (nSPS) is 18.0. The predicted molar refractivity (Wildman–Crippen MR) is 76.3 cm³/mol. The van der Waals surface area contributed by atoms with Gasteiger partial charge in [0.1, 0.15) is 5.54 Å². The van der Waals surface area contributed by atoms with Gasteiger partial charge < -0.3 is 20.5 Å². The molecule has 1 aliphatic carbocycles. The Hall–Kier alpha value is -2.12. The quantitative estimate of drug-likeness (QED) is 0.501. The van der Waals surface area contributed by atoms with Crippen molar-refractivity contribution in [3.05, 3.63) is 15.9 Å². The van der Waals surface area contributed by atoms with E-state index in [4.69, 9.17) is 0 Å². The molecule has 1 aromatic heterocycles. The molecule has 2 rings (SSSR count). The van der Waals surface area contributed by atoms with E-state index in [2.05, 4.69) is 10.3 Å². The van der Waals surface area contributed by atoms with Crippen molar-refractivity contribution >= 4 is 17.6 Å². The second-order valence-electron chi connectivity index (χ2n) is 5.57. The van der Waals surface area contributed by atoms with Crippen LogP contribution in [0, 0.1) is 17.0 Å². The van der Waals surface area contributed by atoms with E-state index in [-0.39, 0.29) is 11.6 Å². The second-order valence-corrected chi connectivity index (χ2v) is 5.57. The first kappa shape index (κ1) is 15.3. The molecule has 8 nitrogen and oxygen atoms in total. The molecule has 0 aliphatic heterocycles. The molecule has 8 heteroatoms. The van der Waals surface area contributed by atoms with E-state index in [1.165, 1.54) is 4.57 Å². The summed E-state index contributed by atoms with van der Waals surface area (Å²) in [6, 6.07) is 0. The van der Waals surface area contributed by atoms with Crippen LogP contribution in [-0.4, -0.2) is 31.1 Å². The predicted octanol–water partition coefficient (Wildman–Crippen LogP) is 2.23. The fourth-order valence-electron chi connectivity index (χ4n) is 2.81. The maximum Gasteiger partial charge on any atom is 0.406 e. The Morgan fingerprint density at radius 1 is 1.38 bits per heavy atom. The second kappa shape index (κ2) is 5.71. The van der Waals surface area contributed by atoms with E-state index < -0.39 is 16.4 Å². The first-order valence-electron chi connectivity index (χ1n) is 7.07. The summed E-state index contributed by atoms with van der Waals surface area (Å²) < 4.78 is 1.54. The Bertz CT molecular complexity index is 559. The van der Waals surface area contributed by atoms with Crippen molar-refractivity contribution in [2.75, 3.05) is 5.32 Å². The van der Waals surface area contributed by atoms with E-state index in [1.807, 2.05) is 0 Å². The van der Waals surface area contributed by atoms with Crippen LogP contribution in [0.2, 0.25) is 0 Å². The number of hydrogen-bond acceptors (Lipinski definition) is 5. The van der Waals surface area contributed by atoms with Gasteiger partial charge in [0, 0.05) is 14.0 Å². The zero-order valence-corrected chi connectivity index (χ0v) is 12.3.